The molecule has 6 heteroatoms. The van der Waals surface area contributed by atoms with E-state index in [1.807, 2.05) is 20.8 Å². The Hall–Kier alpha value is -1.82. The molecule has 0 radical (unpaired) electrons. The lowest BCUT2D eigenvalue weighted by molar-refractivity contribution is -0.156. The summed E-state index contributed by atoms with van der Waals surface area (Å²) in [7, 11) is 0. The summed E-state index contributed by atoms with van der Waals surface area (Å²) in [6.45, 7) is 9.54. The maximum atomic E-state index is 14.2. The fraction of sp³-hybridized carbons (Fsp3) is 0.682. The number of nitrogens with two attached hydrogens (primary N) is 1. The van der Waals surface area contributed by atoms with Gasteiger partial charge in [0.2, 0.25) is 0 Å². The van der Waals surface area contributed by atoms with E-state index in [0.29, 0.717) is 29.8 Å². The van der Waals surface area contributed by atoms with Crippen molar-refractivity contribution in [2.24, 2.45) is 5.92 Å². The molecule has 0 saturated carbocycles. The van der Waals surface area contributed by atoms with E-state index >= 15 is 0 Å². The Labute approximate surface area is 168 Å². The molecule has 2 aliphatic heterocycles. The van der Waals surface area contributed by atoms with E-state index in [1.165, 1.54) is 6.07 Å². The van der Waals surface area contributed by atoms with Crippen LogP contribution in [0.4, 0.5) is 15.8 Å². The van der Waals surface area contributed by atoms with Crippen LogP contribution < -0.4 is 10.6 Å². The predicted octanol–water partition coefficient (Wildman–Crippen LogP) is 3.82. The summed E-state index contributed by atoms with van der Waals surface area (Å²) in [5.41, 5.74) is 6.37. The number of nitrogens with zero attached hydrogens (tertiary/aromatic N) is 2. The Bertz CT molecular complexity index is 673. The average molecular weight is 392 g/mol. The minimum absolute atomic E-state index is 0.0789. The van der Waals surface area contributed by atoms with Crippen molar-refractivity contribution in [2.75, 3.05) is 36.8 Å². The van der Waals surface area contributed by atoms with Crippen molar-refractivity contribution in [1.29, 1.82) is 0 Å². The van der Waals surface area contributed by atoms with Crippen molar-refractivity contribution >= 4 is 17.3 Å². The highest BCUT2D eigenvalue weighted by molar-refractivity contribution is 5.70. The number of nitrogen functional groups attached to an aromatic ring is 1. The average Bonchev–Trinajstić information content (AvgIpc) is 2.61. The van der Waals surface area contributed by atoms with Gasteiger partial charge in [-0.15, -0.1) is 0 Å². The van der Waals surface area contributed by atoms with Crippen LogP contribution in [-0.4, -0.2) is 48.7 Å². The molecule has 2 fully saturated rings. The third kappa shape index (κ3) is 5.60. The van der Waals surface area contributed by atoms with Gasteiger partial charge in [0.05, 0.1) is 5.69 Å². The molecule has 1 aromatic rings. The van der Waals surface area contributed by atoms with E-state index in [9.17, 15) is 9.18 Å². The second-order valence-electron chi connectivity index (χ2n) is 9.20. The molecular formula is C22H34FN3O2. The maximum Gasteiger partial charge on any atom is 0.306 e. The van der Waals surface area contributed by atoms with Gasteiger partial charge in [0.25, 0.3) is 0 Å². The smallest absolute Gasteiger partial charge is 0.306 e. The standard InChI is InChI=1S/C22H34FN3O2/c1-22(2,3)28-21(27)14-16-6-10-25(11-7-16)18-8-12-26(13-9-18)20-5-4-17(24)15-19(20)23/h4-5,15-16,18H,6-14,24H2,1-3H3. The molecule has 0 atom stereocenters. The number of ether oxygens (including phenoxy) is 1. The van der Waals surface area contributed by atoms with Gasteiger partial charge in [0, 0.05) is 31.2 Å². The van der Waals surface area contributed by atoms with Gasteiger partial charge in [-0.1, -0.05) is 0 Å². The minimum Gasteiger partial charge on any atom is -0.460 e. The summed E-state index contributed by atoms with van der Waals surface area (Å²) in [5, 5.41) is 0. The SMILES string of the molecule is CC(C)(C)OC(=O)CC1CCN(C2CCN(c3ccc(N)cc3F)CC2)CC1. The Kier molecular flexibility index (Phi) is 6.48. The van der Waals surface area contributed by atoms with Crippen molar-refractivity contribution < 1.29 is 13.9 Å². The fourth-order valence-corrected chi connectivity index (χ4v) is 4.39. The Morgan fingerprint density at radius 3 is 2.36 bits per heavy atom. The van der Waals surface area contributed by atoms with E-state index in [1.54, 1.807) is 12.1 Å². The number of esters is 1. The lowest BCUT2D eigenvalue weighted by atomic mass is 9.91. The Morgan fingerprint density at radius 2 is 1.79 bits per heavy atom. The quantitative estimate of drug-likeness (QED) is 0.625. The number of carbonyl (C=O) groups is 1. The number of hydrogen-bond donors (Lipinski definition) is 1. The first-order valence-electron chi connectivity index (χ1n) is 10.5. The monoisotopic (exact) mass is 391 g/mol. The third-order valence-electron chi connectivity index (χ3n) is 5.82. The van der Waals surface area contributed by atoms with Crippen LogP contribution in [0.5, 0.6) is 0 Å². The van der Waals surface area contributed by atoms with Gasteiger partial charge in [-0.2, -0.15) is 0 Å². The molecule has 1 aromatic carbocycles. The topological polar surface area (TPSA) is 58.8 Å². The van der Waals surface area contributed by atoms with Crippen LogP contribution in [0.2, 0.25) is 0 Å². The molecule has 156 valence electrons. The number of benzene rings is 1. The molecule has 2 saturated heterocycles. The number of likely N-dealkylation sites (tertiary alicyclic amines) is 1. The lowest BCUT2D eigenvalue weighted by Crippen LogP contribution is -2.48. The van der Waals surface area contributed by atoms with Gasteiger partial charge >= 0.3 is 5.97 Å². The first kappa shape index (κ1) is 20.9. The van der Waals surface area contributed by atoms with E-state index in [0.717, 1.165) is 51.9 Å². The largest absolute Gasteiger partial charge is 0.460 e. The van der Waals surface area contributed by atoms with E-state index in [2.05, 4.69) is 9.80 Å². The van der Waals surface area contributed by atoms with Crippen LogP contribution in [0, 0.1) is 11.7 Å². The molecule has 3 rings (SSSR count). The van der Waals surface area contributed by atoms with Gasteiger partial charge in [0.15, 0.2) is 0 Å². The third-order valence-corrected chi connectivity index (χ3v) is 5.82. The molecule has 5 nitrogen and oxygen atoms in total. The fourth-order valence-electron chi connectivity index (χ4n) is 4.39. The number of piperidine rings is 2. The maximum absolute atomic E-state index is 14.2. The van der Waals surface area contributed by atoms with Gasteiger partial charge in [-0.25, -0.2) is 4.39 Å². The van der Waals surface area contributed by atoms with Crippen LogP contribution >= 0.6 is 0 Å². The van der Waals surface area contributed by atoms with Crippen molar-refractivity contribution in [3.8, 4) is 0 Å². The van der Waals surface area contributed by atoms with E-state index in [-0.39, 0.29) is 11.8 Å². The second kappa shape index (κ2) is 8.68. The van der Waals surface area contributed by atoms with Gasteiger partial charge < -0.3 is 20.3 Å². The number of anilines is 2. The molecule has 2 heterocycles. The molecular weight excluding hydrogens is 357 g/mol. The zero-order valence-corrected chi connectivity index (χ0v) is 17.4. The highest BCUT2D eigenvalue weighted by Crippen LogP contribution is 2.29. The molecule has 0 unspecified atom stereocenters. The zero-order valence-electron chi connectivity index (χ0n) is 17.4. The molecule has 2 N–H and O–H groups in total. The zero-order chi connectivity index (χ0) is 20.3. The number of carbonyl (C=O) groups excluding carboxylic acids is 1. The summed E-state index contributed by atoms with van der Waals surface area (Å²) in [5.74, 6) is 0.112. The minimum atomic E-state index is -0.407. The molecule has 0 bridgehead atoms. The number of hydrogen-bond acceptors (Lipinski definition) is 5. The molecule has 0 aromatic heterocycles. The van der Waals surface area contributed by atoms with Crippen LogP contribution in [0.25, 0.3) is 0 Å². The van der Waals surface area contributed by atoms with E-state index < -0.39 is 5.60 Å². The molecule has 0 aliphatic carbocycles. The van der Waals surface area contributed by atoms with Crippen molar-refractivity contribution in [3.05, 3.63) is 24.0 Å². The molecule has 28 heavy (non-hydrogen) atoms. The number of halogens is 1. The molecule has 2 aliphatic rings. The van der Waals surface area contributed by atoms with Gasteiger partial charge in [0.1, 0.15) is 11.4 Å². The van der Waals surface area contributed by atoms with Gasteiger partial charge in [-0.3, -0.25) is 4.79 Å². The van der Waals surface area contributed by atoms with Crippen LogP contribution in [0.15, 0.2) is 18.2 Å². The first-order valence-corrected chi connectivity index (χ1v) is 10.5. The highest BCUT2D eigenvalue weighted by atomic mass is 19.1. The Morgan fingerprint density at radius 1 is 1.14 bits per heavy atom. The van der Waals surface area contributed by atoms with Crippen LogP contribution in [0.3, 0.4) is 0 Å². The summed E-state index contributed by atoms with van der Waals surface area (Å²) < 4.78 is 19.6. The predicted molar refractivity (Wildman–Crippen MR) is 111 cm³/mol. The normalized spacial score (nSPS) is 20.4. The summed E-state index contributed by atoms with van der Waals surface area (Å²) >= 11 is 0. The molecule has 0 spiro atoms. The molecule has 0 amide bonds. The van der Waals surface area contributed by atoms with Gasteiger partial charge in [-0.05, 0) is 83.7 Å². The van der Waals surface area contributed by atoms with E-state index in [4.69, 9.17) is 10.5 Å². The summed E-state index contributed by atoms with van der Waals surface area (Å²) in [6.07, 6.45) is 4.71. The van der Waals surface area contributed by atoms with Crippen molar-refractivity contribution in [1.82, 2.24) is 4.90 Å². The summed E-state index contributed by atoms with van der Waals surface area (Å²) in [4.78, 5) is 16.7. The number of rotatable bonds is 4. The second-order valence-corrected chi connectivity index (χ2v) is 9.20. The van der Waals surface area contributed by atoms with Crippen LogP contribution in [-0.2, 0) is 9.53 Å². The van der Waals surface area contributed by atoms with Crippen molar-refractivity contribution in [3.63, 3.8) is 0 Å². The highest BCUT2D eigenvalue weighted by Gasteiger charge is 2.30. The van der Waals surface area contributed by atoms with Crippen LogP contribution in [0.1, 0.15) is 52.9 Å². The van der Waals surface area contributed by atoms with Crippen molar-refractivity contribution in [2.45, 2.75) is 64.5 Å². The Balaban J connectivity index is 1.43. The lowest BCUT2D eigenvalue weighted by Gasteiger charge is -2.42. The first-order chi connectivity index (χ1) is 13.2. The summed E-state index contributed by atoms with van der Waals surface area (Å²) in [6, 6.07) is 5.50.